The Morgan fingerprint density at radius 2 is 2.03 bits per heavy atom. The highest BCUT2D eigenvalue weighted by molar-refractivity contribution is 7.92. The minimum atomic E-state index is -3.89. The molecule has 36 heavy (non-hydrogen) atoms. The SMILES string of the molecule is Cc1csc(NC(=O)C2CCCN2C(=O)CN2CCCC(NS(=O)(=O)/C=C/c3ccc(Cl)s3)C2=O)n1. The van der Waals surface area contributed by atoms with Crippen LogP contribution in [-0.4, -0.2) is 72.6 Å². The third-order valence-electron chi connectivity index (χ3n) is 5.89. The number of amides is 3. The summed E-state index contributed by atoms with van der Waals surface area (Å²) < 4.78 is 28.0. The molecule has 2 saturated heterocycles. The van der Waals surface area contributed by atoms with Crippen LogP contribution in [0.1, 0.15) is 36.3 Å². The van der Waals surface area contributed by atoms with Gasteiger partial charge in [-0.2, -0.15) is 4.72 Å². The number of aryl methyl sites for hydroxylation is 1. The molecule has 3 amide bonds. The monoisotopic (exact) mass is 571 g/mol. The van der Waals surface area contributed by atoms with Crippen LogP contribution in [0.5, 0.6) is 0 Å². The van der Waals surface area contributed by atoms with Crippen molar-refractivity contribution in [3.8, 4) is 0 Å². The second-order valence-corrected chi connectivity index (χ2v) is 12.8. The number of carbonyl (C=O) groups excluding carboxylic acids is 3. The van der Waals surface area contributed by atoms with Gasteiger partial charge in [0.2, 0.25) is 27.7 Å². The Balaban J connectivity index is 1.35. The largest absolute Gasteiger partial charge is 0.332 e. The Hall–Kier alpha value is -2.32. The van der Waals surface area contributed by atoms with Crippen molar-refractivity contribution >= 4 is 73.2 Å². The highest BCUT2D eigenvalue weighted by Gasteiger charge is 2.37. The van der Waals surface area contributed by atoms with Crippen LogP contribution in [0.25, 0.3) is 6.08 Å². The third-order valence-corrected chi connectivity index (χ3v) is 9.07. The van der Waals surface area contributed by atoms with Crippen LogP contribution in [0.2, 0.25) is 4.34 Å². The first kappa shape index (κ1) is 26.7. The number of aromatic nitrogens is 1. The van der Waals surface area contributed by atoms with Gasteiger partial charge in [0, 0.05) is 28.8 Å². The number of carbonyl (C=O) groups is 3. The minimum Gasteiger partial charge on any atom is -0.332 e. The highest BCUT2D eigenvalue weighted by atomic mass is 35.5. The van der Waals surface area contributed by atoms with E-state index in [2.05, 4.69) is 15.0 Å². The Morgan fingerprint density at radius 3 is 2.72 bits per heavy atom. The zero-order valence-electron chi connectivity index (χ0n) is 19.5. The first-order valence-electron chi connectivity index (χ1n) is 11.4. The number of hydrogen-bond donors (Lipinski definition) is 2. The number of piperidine rings is 1. The summed E-state index contributed by atoms with van der Waals surface area (Å²) in [7, 11) is -3.89. The van der Waals surface area contributed by atoms with E-state index in [9.17, 15) is 22.8 Å². The van der Waals surface area contributed by atoms with Crippen molar-refractivity contribution in [2.45, 2.75) is 44.7 Å². The van der Waals surface area contributed by atoms with Gasteiger partial charge in [0.1, 0.15) is 12.1 Å². The molecule has 2 aromatic heterocycles. The Labute approximate surface area is 222 Å². The summed E-state index contributed by atoms with van der Waals surface area (Å²) in [5.74, 6) is -1.09. The highest BCUT2D eigenvalue weighted by Crippen LogP contribution is 2.24. The summed E-state index contributed by atoms with van der Waals surface area (Å²) in [6.45, 7) is 2.39. The zero-order chi connectivity index (χ0) is 25.9. The van der Waals surface area contributed by atoms with Crippen molar-refractivity contribution in [2.24, 2.45) is 0 Å². The Morgan fingerprint density at radius 1 is 1.25 bits per heavy atom. The summed E-state index contributed by atoms with van der Waals surface area (Å²) in [5, 5.41) is 6.08. The maximum Gasteiger partial charge on any atom is 0.248 e. The molecule has 2 atom stereocenters. The lowest BCUT2D eigenvalue weighted by Gasteiger charge is -2.33. The second kappa shape index (κ2) is 11.4. The van der Waals surface area contributed by atoms with Crippen LogP contribution in [0.15, 0.2) is 22.9 Å². The van der Waals surface area contributed by atoms with Gasteiger partial charge in [0.15, 0.2) is 5.13 Å². The third kappa shape index (κ3) is 6.71. The van der Waals surface area contributed by atoms with Crippen LogP contribution in [0.3, 0.4) is 0 Å². The van der Waals surface area contributed by atoms with Crippen LogP contribution in [0, 0.1) is 6.92 Å². The second-order valence-electron chi connectivity index (χ2n) is 8.59. The van der Waals surface area contributed by atoms with Gasteiger partial charge in [-0.1, -0.05) is 11.6 Å². The van der Waals surface area contributed by atoms with Gasteiger partial charge >= 0.3 is 0 Å². The lowest BCUT2D eigenvalue weighted by molar-refractivity contribution is -0.144. The topological polar surface area (TPSA) is 129 Å². The average Bonchev–Trinajstić information content (AvgIpc) is 3.56. The van der Waals surface area contributed by atoms with Crippen LogP contribution in [0.4, 0.5) is 5.13 Å². The Kier molecular flexibility index (Phi) is 8.45. The number of hydrogen-bond acceptors (Lipinski definition) is 8. The lowest BCUT2D eigenvalue weighted by Crippen LogP contribution is -2.55. The van der Waals surface area contributed by atoms with E-state index >= 15 is 0 Å². The van der Waals surface area contributed by atoms with E-state index in [1.807, 2.05) is 12.3 Å². The van der Waals surface area contributed by atoms with Gasteiger partial charge < -0.3 is 15.1 Å². The molecule has 10 nitrogen and oxygen atoms in total. The number of sulfonamides is 1. The first-order valence-corrected chi connectivity index (χ1v) is 15.0. The number of rotatable bonds is 8. The number of likely N-dealkylation sites (tertiary alicyclic amines) is 2. The molecule has 0 aliphatic carbocycles. The van der Waals surface area contributed by atoms with Crippen molar-refractivity contribution in [1.82, 2.24) is 19.5 Å². The number of halogens is 1. The number of anilines is 1. The zero-order valence-corrected chi connectivity index (χ0v) is 22.7. The van der Waals surface area contributed by atoms with Crippen molar-refractivity contribution in [2.75, 3.05) is 25.0 Å². The molecular weight excluding hydrogens is 546 g/mol. The van der Waals surface area contributed by atoms with Crippen molar-refractivity contribution in [1.29, 1.82) is 0 Å². The van der Waals surface area contributed by atoms with E-state index in [1.54, 1.807) is 12.1 Å². The quantitative estimate of drug-likeness (QED) is 0.501. The van der Waals surface area contributed by atoms with Crippen LogP contribution in [-0.2, 0) is 24.4 Å². The van der Waals surface area contributed by atoms with Crippen molar-refractivity contribution in [3.05, 3.63) is 37.8 Å². The molecule has 2 aromatic rings. The molecule has 2 aliphatic rings. The number of thiazole rings is 1. The molecule has 2 N–H and O–H groups in total. The van der Waals surface area contributed by atoms with Crippen molar-refractivity contribution < 1.29 is 22.8 Å². The molecule has 0 radical (unpaired) electrons. The fraction of sp³-hybridized carbons (Fsp3) is 0.455. The van der Waals surface area contributed by atoms with E-state index in [-0.39, 0.29) is 18.4 Å². The number of thiophene rings is 1. The molecule has 0 saturated carbocycles. The minimum absolute atomic E-state index is 0.208. The Bertz CT molecular complexity index is 1270. The molecular formula is C22H26ClN5O5S3. The van der Waals surface area contributed by atoms with E-state index in [0.29, 0.717) is 53.1 Å². The smallest absolute Gasteiger partial charge is 0.248 e. The van der Waals surface area contributed by atoms with Gasteiger partial charge in [-0.3, -0.25) is 14.4 Å². The fourth-order valence-electron chi connectivity index (χ4n) is 4.21. The van der Waals surface area contributed by atoms with E-state index in [4.69, 9.17) is 11.6 Å². The normalized spacial score (nSPS) is 20.9. The van der Waals surface area contributed by atoms with Gasteiger partial charge in [0.25, 0.3) is 0 Å². The molecule has 2 unspecified atom stereocenters. The number of nitrogens with zero attached hydrogens (tertiary/aromatic N) is 3. The fourth-order valence-corrected chi connectivity index (χ4v) is 6.97. The first-order chi connectivity index (χ1) is 17.1. The van der Waals surface area contributed by atoms with E-state index in [1.165, 1.54) is 38.5 Å². The van der Waals surface area contributed by atoms with Gasteiger partial charge in [-0.05, 0) is 50.8 Å². The summed E-state index contributed by atoms with van der Waals surface area (Å²) in [4.78, 5) is 46.6. The number of nitrogens with one attached hydrogen (secondary N) is 2. The lowest BCUT2D eigenvalue weighted by atomic mass is 10.1. The van der Waals surface area contributed by atoms with E-state index < -0.39 is 28.0 Å². The van der Waals surface area contributed by atoms with Gasteiger partial charge in [-0.15, -0.1) is 22.7 Å². The molecule has 194 valence electrons. The maximum atomic E-state index is 13.1. The summed E-state index contributed by atoms with van der Waals surface area (Å²) in [6, 6.07) is 1.77. The summed E-state index contributed by atoms with van der Waals surface area (Å²) in [5.41, 5.74) is 0.801. The molecule has 0 bridgehead atoms. The summed E-state index contributed by atoms with van der Waals surface area (Å²) in [6.07, 6.45) is 3.51. The van der Waals surface area contributed by atoms with Crippen molar-refractivity contribution in [3.63, 3.8) is 0 Å². The van der Waals surface area contributed by atoms with Gasteiger partial charge in [0.05, 0.1) is 16.6 Å². The molecule has 0 aromatic carbocycles. The molecule has 0 spiro atoms. The van der Waals surface area contributed by atoms with Crippen LogP contribution < -0.4 is 10.0 Å². The average molecular weight is 572 g/mol. The molecule has 4 rings (SSSR count). The molecule has 2 fully saturated rings. The predicted molar refractivity (Wildman–Crippen MR) is 140 cm³/mol. The summed E-state index contributed by atoms with van der Waals surface area (Å²) >= 11 is 8.42. The van der Waals surface area contributed by atoms with Crippen LogP contribution >= 0.6 is 34.3 Å². The predicted octanol–water partition coefficient (Wildman–Crippen LogP) is 2.68. The molecule has 4 heterocycles. The maximum absolute atomic E-state index is 13.1. The molecule has 2 aliphatic heterocycles. The van der Waals surface area contributed by atoms with E-state index in [0.717, 1.165) is 11.1 Å². The standard InChI is InChI=1S/C22H26ClN5O5S3/c1-14-13-34-22(24-14)25-20(30)17-5-3-10-28(17)19(29)12-27-9-2-4-16(21(27)31)26-36(32,33)11-8-15-6-7-18(23)35-15/h6-8,11,13,16-17,26H,2-5,9-10,12H2,1H3,(H,24,25,30)/b11-8+. The van der Waals surface area contributed by atoms with Gasteiger partial charge in [-0.25, -0.2) is 13.4 Å². The molecule has 14 heteroatoms.